The van der Waals surface area contributed by atoms with Crippen LogP contribution in [-0.2, 0) is 0 Å². The fraction of sp³-hybridized carbons (Fsp3) is 0.474. The number of thiazole rings is 1. The molecule has 1 saturated carbocycles. The van der Waals surface area contributed by atoms with E-state index in [0.717, 1.165) is 16.4 Å². The number of carbonyl (C=O) groups excluding carboxylic acids is 1. The fourth-order valence-electron chi connectivity index (χ4n) is 3.19. The minimum absolute atomic E-state index is 0.136. The number of aromatic nitrogens is 1. The Hall–Kier alpha value is -1.95. The van der Waals surface area contributed by atoms with E-state index in [1.54, 1.807) is 12.1 Å². The highest BCUT2D eigenvalue weighted by molar-refractivity contribution is 7.17. The molecule has 1 aliphatic rings. The van der Waals surface area contributed by atoms with Gasteiger partial charge in [0.1, 0.15) is 10.7 Å². The maximum absolute atomic E-state index is 13.0. The Labute approximate surface area is 151 Å². The van der Waals surface area contributed by atoms with E-state index in [1.807, 2.05) is 13.8 Å². The van der Waals surface area contributed by atoms with Gasteiger partial charge >= 0.3 is 0 Å². The molecule has 3 rings (SSSR count). The summed E-state index contributed by atoms with van der Waals surface area (Å²) in [6.07, 6.45) is 6.16. The van der Waals surface area contributed by atoms with Crippen molar-refractivity contribution in [1.82, 2.24) is 10.3 Å². The fourth-order valence-corrected chi connectivity index (χ4v) is 4.13. The van der Waals surface area contributed by atoms with Gasteiger partial charge in [0.05, 0.1) is 11.7 Å². The Kier molecular flexibility index (Phi) is 5.68. The first-order valence-electron chi connectivity index (χ1n) is 8.83. The number of nitrogens with zero attached hydrogens (tertiary/aromatic N) is 1. The minimum Gasteiger partial charge on any atom is -0.359 e. The topological polar surface area (TPSA) is 54.0 Å². The lowest BCUT2D eigenvalue weighted by molar-refractivity contribution is 0.0943. The van der Waals surface area contributed by atoms with Crippen molar-refractivity contribution < 1.29 is 9.18 Å². The second kappa shape index (κ2) is 7.95. The molecule has 1 atom stereocenters. The predicted octanol–water partition coefficient (Wildman–Crippen LogP) is 4.83. The molecule has 1 amide bonds. The van der Waals surface area contributed by atoms with Gasteiger partial charge in [-0.2, -0.15) is 0 Å². The van der Waals surface area contributed by atoms with E-state index in [-0.39, 0.29) is 17.8 Å². The Bertz CT molecular complexity index is 723. The maximum Gasteiger partial charge on any atom is 0.263 e. The van der Waals surface area contributed by atoms with E-state index in [0.29, 0.717) is 10.9 Å². The van der Waals surface area contributed by atoms with Crippen molar-refractivity contribution in [3.63, 3.8) is 0 Å². The average molecular weight is 361 g/mol. The molecule has 1 unspecified atom stereocenters. The minimum atomic E-state index is -0.279. The van der Waals surface area contributed by atoms with Crippen molar-refractivity contribution >= 4 is 22.4 Å². The summed E-state index contributed by atoms with van der Waals surface area (Å²) in [5.41, 5.74) is 1.62. The number of nitrogens with one attached hydrogen (secondary N) is 2. The van der Waals surface area contributed by atoms with E-state index in [2.05, 4.69) is 15.6 Å². The van der Waals surface area contributed by atoms with Crippen molar-refractivity contribution in [3.8, 4) is 0 Å². The lowest BCUT2D eigenvalue weighted by atomic mass is 9.96. The number of hydrogen-bond acceptors (Lipinski definition) is 4. The predicted molar refractivity (Wildman–Crippen MR) is 99.6 cm³/mol. The lowest BCUT2D eigenvalue weighted by Gasteiger charge is -2.22. The van der Waals surface area contributed by atoms with Gasteiger partial charge in [-0.3, -0.25) is 4.79 Å². The van der Waals surface area contributed by atoms with E-state index in [1.165, 1.54) is 55.6 Å². The monoisotopic (exact) mass is 361 g/mol. The average Bonchev–Trinajstić information content (AvgIpc) is 2.96. The van der Waals surface area contributed by atoms with Gasteiger partial charge in [0.25, 0.3) is 5.91 Å². The molecule has 2 N–H and O–H groups in total. The Morgan fingerprint density at radius 1 is 1.24 bits per heavy atom. The molecule has 1 fully saturated rings. The highest BCUT2D eigenvalue weighted by atomic mass is 32.1. The molecule has 2 aromatic rings. The molecule has 1 heterocycles. The van der Waals surface area contributed by atoms with Crippen LogP contribution in [-0.4, -0.2) is 16.9 Å². The summed E-state index contributed by atoms with van der Waals surface area (Å²) in [4.78, 5) is 17.7. The third kappa shape index (κ3) is 4.57. The van der Waals surface area contributed by atoms with Gasteiger partial charge < -0.3 is 10.6 Å². The molecule has 0 spiro atoms. The van der Waals surface area contributed by atoms with Gasteiger partial charge in [-0.05, 0) is 44.4 Å². The maximum atomic E-state index is 13.0. The van der Waals surface area contributed by atoms with Crippen LogP contribution in [0.3, 0.4) is 0 Å². The smallest absolute Gasteiger partial charge is 0.263 e. The second-order valence-corrected chi connectivity index (χ2v) is 7.66. The highest BCUT2D eigenvalue weighted by Crippen LogP contribution is 2.27. The summed E-state index contributed by atoms with van der Waals surface area (Å²) >= 11 is 1.41. The van der Waals surface area contributed by atoms with Crippen LogP contribution in [0.4, 0.5) is 9.52 Å². The number of aryl methyl sites for hydroxylation is 1. The molecule has 134 valence electrons. The molecule has 25 heavy (non-hydrogen) atoms. The van der Waals surface area contributed by atoms with Gasteiger partial charge in [0.2, 0.25) is 0 Å². The summed E-state index contributed by atoms with van der Waals surface area (Å²) in [6.45, 7) is 3.75. The zero-order valence-corrected chi connectivity index (χ0v) is 15.5. The largest absolute Gasteiger partial charge is 0.359 e. The first kappa shape index (κ1) is 17.9. The standard InChI is InChI=1S/C19H24FN3OS/c1-12(14-8-10-15(20)11-9-14)21-18(24)17-13(2)22-19(25-17)23-16-6-4-3-5-7-16/h8-12,16H,3-7H2,1-2H3,(H,21,24)(H,22,23). The number of carbonyl (C=O) groups is 1. The molecule has 6 heteroatoms. The molecular formula is C19H24FN3OS. The molecule has 0 aliphatic heterocycles. The third-order valence-corrected chi connectivity index (χ3v) is 5.74. The molecule has 0 bridgehead atoms. The van der Waals surface area contributed by atoms with Crippen LogP contribution in [0.2, 0.25) is 0 Å². The van der Waals surface area contributed by atoms with Crippen LogP contribution in [0.15, 0.2) is 24.3 Å². The van der Waals surface area contributed by atoms with Crippen molar-refractivity contribution in [3.05, 3.63) is 46.2 Å². The van der Waals surface area contributed by atoms with Crippen molar-refractivity contribution in [2.45, 2.75) is 58.0 Å². The van der Waals surface area contributed by atoms with E-state index < -0.39 is 0 Å². The molecule has 4 nitrogen and oxygen atoms in total. The normalized spacial score (nSPS) is 16.4. The van der Waals surface area contributed by atoms with Crippen LogP contribution in [0.5, 0.6) is 0 Å². The SMILES string of the molecule is Cc1nc(NC2CCCCC2)sc1C(=O)NC(C)c1ccc(F)cc1. The second-order valence-electron chi connectivity index (χ2n) is 6.66. The van der Waals surface area contributed by atoms with Crippen molar-refractivity contribution in [2.75, 3.05) is 5.32 Å². The molecule has 1 aliphatic carbocycles. The Morgan fingerprint density at radius 3 is 2.60 bits per heavy atom. The van der Waals surface area contributed by atoms with E-state index >= 15 is 0 Å². The molecule has 1 aromatic carbocycles. The lowest BCUT2D eigenvalue weighted by Crippen LogP contribution is -2.26. The molecule has 0 radical (unpaired) electrons. The summed E-state index contributed by atoms with van der Waals surface area (Å²) in [5.74, 6) is -0.414. The quantitative estimate of drug-likeness (QED) is 0.802. The van der Waals surface area contributed by atoms with Crippen LogP contribution < -0.4 is 10.6 Å². The number of anilines is 1. The van der Waals surface area contributed by atoms with Crippen LogP contribution >= 0.6 is 11.3 Å². The first-order chi connectivity index (χ1) is 12.0. The number of hydrogen-bond donors (Lipinski definition) is 2. The summed E-state index contributed by atoms with van der Waals surface area (Å²) < 4.78 is 13.0. The number of halogens is 1. The first-order valence-corrected chi connectivity index (χ1v) is 9.65. The van der Waals surface area contributed by atoms with E-state index in [4.69, 9.17) is 0 Å². The zero-order valence-electron chi connectivity index (χ0n) is 14.6. The number of rotatable bonds is 5. The Morgan fingerprint density at radius 2 is 1.92 bits per heavy atom. The Balaban J connectivity index is 1.64. The van der Waals surface area contributed by atoms with Gasteiger partial charge in [-0.25, -0.2) is 9.37 Å². The van der Waals surface area contributed by atoms with Crippen LogP contribution in [0.1, 0.15) is 66.0 Å². The molecular weight excluding hydrogens is 337 g/mol. The number of amides is 1. The van der Waals surface area contributed by atoms with Gasteiger partial charge in [-0.15, -0.1) is 0 Å². The van der Waals surface area contributed by atoms with Crippen molar-refractivity contribution in [1.29, 1.82) is 0 Å². The van der Waals surface area contributed by atoms with Gasteiger partial charge in [0, 0.05) is 6.04 Å². The van der Waals surface area contributed by atoms with Gasteiger partial charge in [0.15, 0.2) is 5.13 Å². The number of benzene rings is 1. The molecule has 1 aromatic heterocycles. The summed E-state index contributed by atoms with van der Waals surface area (Å²) in [6, 6.07) is 6.47. The third-order valence-electron chi connectivity index (χ3n) is 4.65. The molecule has 0 saturated heterocycles. The zero-order chi connectivity index (χ0) is 17.8. The van der Waals surface area contributed by atoms with Gasteiger partial charge in [-0.1, -0.05) is 42.7 Å². The van der Waals surface area contributed by atoms with Crippen LogP contribution in [0, 0.1) is 12.7 Å². The van der Waals surface area contributed by atoms with Crippen LogP contribution in [0.25, 0.3) is 0 Å². The highest BCUT2D eigenvalue weighted by Gasteiger charge is 2.20. The van der Waals surface area contributed by atoms with E-state index in [9.17, 15) is 9.18 Å². The summed E-state index contributed by atoms with van der Waals surface area (Å²) in [7, 11) is 0. The summed E-state index contributed by atoms with van der Waals surface area (Å²) in [5, 5.41) is 7.27. The van der Waals surface area contributed by atoms with Crippen molar-refractivity contribution in [2.24, 2.45) is 0 Å².